The minimum Gasteiger partial charge on any atom is -0.474 e. The van der Waals surface area contributed by atoms with E-state index in [9.17, 15) is 37.1 Å². The lowest BCUT2D eigenvalue weighted by molar-refractivity contribution is -0.137. The van der Waals surface area contributed by atoms with Gasteiger partial charge in [-0.2, -0.15) is 13.2 Å². The van der Waals surface area contributed by atoms with Gasteiger partial charge >= 0.3 is 6.18 Å². The van der Waals surface area contributed by atoms with E-state index in [0.29, 0.717) is 29.9 Å². The molecular formula is C44H45F3N8O6. The molecule has 3 atom stereocenters. The van der Waals surface area contributed by atoms with E-state index in [1.807, 2.05) is 35.2 Å². The molecule has 3 aromatic rings. The highest BCUT2D eigenvalue weighted by molar-refractivity contribution is 6.23. The summed E-state index contributed by atoms with van der Waals surface area (Å²) in [6.07, 6.45) is 0.576. The fourth-order valence-electron chi connectivity index (χ4n) is 10.1. The van der Waals surface area contributed by atoms with Gasteiger partial charge in [-0.1, -0.05) is 0 Å². The number of nitrogens with zero attached hydrogens (tertiary/aromatic N) is 7. The van der Waals surface area contributed by atoms with Gasteiger partial charge in [0.05, 0.1) is 23.3 Å². The van der Waals surface area contributed by atoms with Gasteiger partial charge in [-0.25, -0.2) is 9.83 Å². The molecule has 2 aromatic carbocycles. The van der Waals surface area contributed by atoms with Crippen LogP contribution in [-0.4, -0.2) is 119 Å². The van der Waals surface area contributed by atoms with Crippen LogP contribution in [0.2, 0.25) is 0 Å². The Bertz CT molecular complexity index is 2290. The number of aromatic nitrogens is 1. The summed E-state index contributed by atoms with van der Waals surface area (Å²) in [5, 5.41) is 2.23. The summed E-state index contributed by atoms with van der Waals surface area (Å²) >= 11 is 0. The summed E-state index contributed by atoms with van der Waals surface area (Å²) in [5.41, 5.74) is 1.47. The van der Waals surface area contributed by atoms with E-state index in [1.54, 1.807) is 12.1 Å². The maximum absolute atomic E-state index is 13.8. The van der Waals surface area contributed by atoms with E-state index in [0.717, 1.165) is 100 Å². The summed E-state index contributed by atoms with van der Waals surface area (Å²) in [7, 11) is 0. The maximum atomic E-state index is 13.8. The molecule has 7 heterocycles. The smallest absolute Gasteiger partial charge is 0.407 e. The van der Waals surface area contributed by atoms with Crippen molar-refractivity contribution < 1.29 is 41.9 Å². The first-order valence-electron chi connectivity index (χ1n) is 21.0. The van der Waals surface area contributed by atoms with E-state index >= 15 is 0 Å². The molecule has 318 valence electrons. The Morgan fingerprint density at radius 3 is 2.13 bits per heavy atom. The number of anilines is 2. The quantitative estimate of drug-likeness (QED) is 0.235. The largest absolute Gasteiger partial charge is 0.474 e. The minimum atomic E-state index is -4.70. The third-order valence-corrected chi connectivity index (χ3v) is 13.3. The number of piperidine rings is 3. The molecule has 14 nitrogen and oxygen atoms in total. The van der Waals surface area contributed by atoms with Crippen molar-refractivity contribution in [1.29, 1.82) is 0 Å². The zero-order valence-electron chi connectivity index (χ0n) is 33.4. The van der Waals surface area contributed by atoms with Gasteiger partial charge in [-0.15, -0.1) is 0 Å². The van der Waals surface area contributed by atoms with Gasteiger partial charge in [-0.3, -0.25) is 39.1 Å². The second-order valence-corrected chi connectivity index (χ2v) is 16.9. The SMILES string of the molecule is [C-]#[N+]c1cnc(OC2CC3CCC(C2)N3C(=O)c2ccc(N3CCN(CC4CCN(c5ccc6c(c5)C(=O)N(C5CCC(=O)NC5=O)C6=O)CC4)CC3)cc2)cc1C(F)(F)F. The van der Waals surface area contributed by atoms with Crippen LogP contribution in [-0.2, 0) is 15.8 Å². The van der Waals surface area contributed by atoms with E-state index in [4.69, 9.17) is 11.3 Å². The monoisotopic (exact) mass is 838 g/mol. The Morgan fingerprint density at radius 1 is 0.820 bits per heavy atom. The van der Waals surface area contributed by atoms with Crippen LogP contribution in [0.25, 0.3) is 4.85 Å². The number of carbonyl (C=O) groups is 5. The van der Waals surface area contributed by atoms with Crippen LogP contribution in [0.5, 0.6) is 5.88 Å². The Hall–Kier alpha value is -6.02. The average molecular weight is 839 g/mol. The third kappa shape index (κ3) is 7.89. The summed E-state index contributed by atoms with van der Waals surface area (Å²) in [6.45, 7) is 13.2. The highest BCUT2D eigenvalue weighted by Crippen LogP contribution is 2.41. The first-order chi connectivity index (χ1) is 29.3. The second-order valence-electron chi connectivity index (χ2n) is 16.9. The summed E-state index contributed by atoms with van der Waals surface area (Å²) in [5.74, 6) is -1.72. The molecule has 61 heavy (non-hydrogen) atoms. The fraction of sp³-hybridized carbons (Fsp3) is 0.477. The molecule has 9 rings (SSSR count). The van der Waals surface area contributed by atoms with Crippen LogP contribution in [0.4, 0.5) is 30.2 Å². The lowest BCUT2D eigenvalue weighted by Gasteiger charge is -2.40. The molecule has 5 saturated heterocycles. The van der Waals surface area contributed by atoms with Gasteiger partial charge in [0, 0.05) is 106 Å². The number of halogens is 3. The van der Waals surface area contributed by atoms with Crippen molar-refractivity contribution in [2.24, 2.45) is 5.92 Å². The molecule has 0 aliphatic carbocycles. The minimum absolute atomic E-state index is 0.0524. The van der Waals surface area contributed by atoms with Crippen molar-refractivity contribution in [2.45, 2.75) is 81.8 Å². The van der Waals surface area contributed by atoms with Crippen LogP contribution in [0.1, 0.15) is 88.0 Å². The zero-order chi connectivity index (χ0) is 42.6. The molecule has 5 fully saturated rings. The van der Waals surface area contributed by atoms with Gasteiger partial charge in [0.15, 0.2) is 0 Å². The number of benzene rings is 2. The number of fused-ring (bicyclic) bond motifs is 3. The number of ether oxygens (including phenoxy) is 1. The molecular weight excluding hydrogens is 794 g/mol. The Labute approximate surface area is 350 Å². The number of amides is 5. The Kier molecular flexibility index (Phi) is 10.7. The van der Waals surface area contributed by atoms with Crippen molar-refractivity contribution in [2.75, 3.05) is 55.6 Å². The van der Waals surface area contributed by atoms with Gasteiger partial charge < -0.3 is 19.4 Å². The molecule has 17 heteroatoms. The number of hydrogen-bond donors (Lipinski definition) is 1. The number of piperazine rings is 1. The predicted octanol–water partition coefficient (Wildman–Crippen LogP) is 5.31. The maximum Gasteiger partial charge on any atom is 0.407 e. The zero-order valence-corrected chi connectivity index (χ0v) is 33.4. The standard InChI is InChI=1S/C44H45F3N8O6/c1-48-36-24-49-39(23-35(36)44(45,46)47)61-32-20-30-6-7-31(21-32)54(30)41(58)27-2-4-28(5-3-27)53-18-16-51(17-19-53)25-26-12-14-52(15-13-26)29-8-9-33-34(22-29)43(60)55(42(33)59)37-10-11-38(56)50-40(37)57/h2-5,8-9,22-24,26,30-32,37H,6-7,10-21,25H2,(H,50,56,57). The van der Waals surface area contributed by atoms with E-state index in [2.05, 4.69) is 29.8 Å². The summed E-state index contributed by atoms with van der Waals surface area (Å²) in [4.78, 5) is 81.2. The number of carbonyl (C=O) groups excluding carboxylic acids is 5. The molecule has 1 N–H and O–H groups in total. The fourth-order valence-corrected chi connectivity index (χ4v) is 10.1. The number of hydrogen-bond acceptors (Lipinski definition) is 10. The van der Waals surface area contributed by atoms with Crippen LogP contribution in [0.15, 0.2) is 54.7 Å². The lowest BCUT2D eigenvalue weighted by atomic mass is 9.95. The van der Waals surface area contributed by atoms with Crippen LogP contribution < -0.4 is 19.9 Å². The molecule has 6 aliphatic rings. The lowest BCUT2D eigenvalue weighted by Crippen LogP contribution is -2.54. The highest BCUT2D eigenvalue weighted by Gasteiger charge is 2.46. The van der Waals surface area contributed by atoms with Crippen molar-refractivity contribution in [3.05, 3.63) is 88.4 Å². The van der Waals surface area contributed by atoms with Crippen LogP contribution in [0.3, 0.4) is 0 Å². The van der Waals surface area contributed by atoms with Gasteiger partial charge in [-0.05, 0) is 80.5 Å². The van der Waals surface area contributed by atoms with Gasteiger partial charge in [0.1, 0.15) is 12.1 Å². The number of nitrogens with one attached hydrogen (secondary N) is 1. The van der Waals surface area contributed by atoms with E-state index in [1.165, 1.54) is 0 Å². The van der Waals surface area contributed by atoms with Crippen molar-refractivity contribution in [3.8, 4) is 5.88 Å². The van der Waals surface area contributed by atoms with Gasteiger partial charge in [0.2, 0.25) is 23.4 Å². The van der Waals surface area contributed by atoms with Crippen LogP contribution in [0, 0.1) is 12.5 Å². The third-order valence-electron chi connectivity index (χ3n) is 13.3. The number of rotatable bonds is 8. The Morgan fingerprint density at radius 2 is 1.48 bits per heavy atom. The predicted molar refractivity (Wildman–Crippen MR) is 215 cm³/mol. The number of alkyl halides is 3. The van der Waals surface area contributed by atoms with Crippen LogP contribution >= 0.6 is 0 Å². The average Bonchev–Trinajstić information content (AvgIpc) is 3.67. The number of imide groups is 2. The molecule has 0 radical (unpaired) electrons. The molecule has 3 unspecified atom stereocenters. The van der Waals surface area contributed by atoms with E-state index in [-0.39, 0.29) is 48.4 Å². The molecule has 5 amide bonds. The summed E-state index contributed by atoms with van der Waals surface area (Å²) in [6, 6.07) is 12.7. The molecule has 0 spiro atoms. The van der Waals surface area contributed by atoms with Gasteiger partial charge in [0.25, 0.3) is 17.7 Å². The summed E-state index contributed by atoms with van der Waals surface area (Å²) < 4.78 is 46.4. The highest BCUT2D eigenvalue weighted by atomic mass is 19.4. The van der Waals surface area contributed by atoms with Crippen molar-refractivity contribution in [1.82, 2.24) is 25.0 Å². The van der Waals surface area contributed by atoms with Crippen molar-refractivity contribution >= 4 is 46.6 Å². The molecule has 0 saturated carbocycles. The topological polar surface area (TPSA) is 140 Å². The van der Waals surface area contributed by atoms with Crippen molar-refractivity contribution in [3.63, 3.8) is 0 Å². The normalized spacial score (nSPS) is 24.8. The molecule has 6 aliphatic heterocycles. The molecule has 1 aromatic heterocycles. The van der Waals surface area contributed by atoms with E-state index < -0.39 is 47.1 Å². The first-order valence-corrected chi connectivity index (χ1v) is 21.0. The Balaban J connectivity index is 0.731. The number of pyridine rings is 1. The first kappa shape index (κ1) is 40.4. The second kappa shape index (κ2) is 16.1. The molecule has 2 bridgehead atoms.